The predicted octanol–water partition coefficient (Wildman–Crippen LogP) is 5.33. The van der Waals surface area contributed by atoms with Crippen molar-refractivity contribution in [2.24, 2.45) is 0 Å². The van der Waals surface area contributed by atoms with Crippen LogP contribution in [0, 0.1) is 0 Å². The third-order valence-corrected chi connectivity index (χ3v) is 5.56. The average Bonchev–Trinajstić information content (AvgIpc) is 2.94. The Morgan fingerprint density at radius 3 is 2.31 bits per heavy atom. The quantitative estimate of drug-likeness (QED) is 0.597. The molecule has 1 N–H and O–H groups in total. The van der Waals surface area contributed by atoms with Crippen LogP contribution in [0.4, 0.5) is 4.79 Å². The van der Waals surface area contributed by atoms with Crippen molar-refractivity contribution in [1.82, 2.24) is 4.90 Å². The molecule has 1 aliphatic heterocycles. The molecule has 0 radical (unpaired) electrons. The van der Waals surface area contributed by atoms with E-state index < -0.39 is 5.97 Å². The number of carboxylic acid groups (broad SMARTS) is 1. The first kappa shape index (κ1) is 21.2. The Morgan fingerprint density at radius 1 is 1.17 bits per heavy atom. The van der Waals surface area contributed by atoms with Crippen molar-refractivity contribution in [3.8, 4) is 5.75 Å². The first-order valence-electron chi connectivity index (χ1n) is 8.49. The highest BCUT2D eigenvalue weighted by atomic mass is 35.5. The maximum atomic E-state index is 12.2. The van der Waals surface area contributed by atoms with E-state index in [0.717, 1.165) is 22.2 Å². The summed E-state index contributed by atoms with van der Waals surface area (Å²) >= 11 is 13.4. The second-order valence-corrected chi connectivity index (χ2v) is 7.84. The molecule has 1 fully saturated rings. The molecule has 0 bridgehead atoms. The molecule has 9 heteroatoms. The largest absolute Gasteiger partial charge is 0.486 e. The number of amides is 2. The number of halogens is 2. The maximum absolute atomic E-state index is 12.2. The van der Waals surface area contributed by atoms with Gasteiger partial charge in [-0.15, -0.1) is 0 Å². The molecule has 0 aromatic heterocycles. The molecule has 0 atom stereocenters. The van der Waals surface area contributed by atoms with Crippen LogP contribution in [0.2, 0.25) is 10.0 Å². The van der Waals surface area contributed by atoms with E-state index in [2.05, 4.69) is 0 Å². The van der Waals surface area contributed by atoms with E-state index in [-0.39, 0.29) is 39.1 Å². The predicted molar refractivity (Wildman–Crippen MR) is 113 cm³/mol. The molecule has 2 aromatic carbocycles. The molecular weight excluding hydrogens is 437 g/mol. The van der Waals surface area contributed by atoms with Crippen molar-refractivity contribution in [2.75, 3.05) is 6.54 Å². The summed E-state index contributed by atoms with van der Waals surface area (Å²) in [6, 6.07) is 9.44. The van der Waals surface area contributed by atoms with Crippen LogP contribution in [0.25, 0.3) is 6.08 Å². The monoisotopic (exact) mass is 451 g/mol. The van der Waals surface area contributed by atoms with E-state index in [1.165, 1.54) is 12.1 Å². The molecule has 1 aliphatic rings. The van der Waals surface area contributed by atoms with Gasteiger partial charge in [-0.3, -0.25) is 14.5 Å². The third kappa shape index (κ3) is 4.75. The van der Waals surface area contributed by atoms with Crippen LogP contribution in [0.15, 0.2) is 41.3 Å². The SMILES string of the molecule is CCN1C(=O)S/C(=C/c2cc(Cl)c(OCc3ccc(C(=O)O)cc3)c(Cl)c2)C1=O. The molecule has 1 heterocycles. The highest BCUT2D eigenvalue weighted by Crippen LogP contribution is 2.37. The fourth-order valence-corrected chi connectivity index (χ4v) is 4.14. The third-order valence-electron chi connectivity index (χ3n) is 4.09. The lowest BCUT2D eigenvalue weighted by atomic mass is 10.1. The number of likely N-dealkylation sites (N-methyl/N-ethyl adjacent to an activating group) is 1. The Labute approximate surface area is 181 Å². The van der Waals surface area contributed by atoms with Crippen LogP contribution in [0.1, 0.15) is 28.4 Å². The number of aromatic carboxylic acids is 1. The Hall–Kier alpha value is -2.48. The van der Waals surface area contributed by atoms with Crippen molar-refractivity contribution in [3.63, 3.8) is 0 Å². The number of thioether (sulfide) groups is 1. The number of benzene rings is 2. The summed E-state index contributed by atoms with van der Waals surface area (Å²) in [6.45, 7) is 2.19. The summed E-state index contributed by atoms with van der Waals surface area (Å²) in [5.74, 6) is -1.08. The number of carbonyl (C=O) groups excluding carboxylic acids is 2. The Bertz CT molecular complexity index is 997. The molecular formula is C20H15Cl2NO5S. The van der Waals surface area contributed by atoms with Gasteiger partial charge in [-0.25, -0.2) is 4.79 Å². The van der Waals surface area contributed by atoms with Gasteiger partial charge < -0.3 is 9.84 Å². The number of carboxylic acids is 1. The number of hydrogen-bond donors (Lipinski definition) is 1. The normalized spacial score (nSPS) is 15.3. The average molecular weight is 452 g/mol. The van der Waals surface area contributed by atoms with Gasteiger partial charge in [0.25, 0.3) is 11.1 Å². The zero-order chi connectivity index (χ0) is 21.1. The molecule has 0 aliphatic carbocycles. The minimum absolute atomic E-state index is 0.147. The summed E-state index contributed by atoms with van der Waals surface area (Å²) in [4.78, 5) is 36.4. The summed E-state index contributed by atoms with van der Waals surface area (Å²) in [7, 11) is 0. The Morgan fingerprint density at radius 2 is 1.79 bits per heavy atom. The van der Waals surface area contributed by atoms with E-state index in [4.69, 9.17) is 33.0 Å². The number of hydrogen-bond acceptors (Lipinski definition) is 5. The van der Waals surface area contributed by atoms with E-state index in [1.54, 1.807) is 37.3 Å². The van der Waals surface area contributed by atoms with Gasteiger partial charge in [0.15, 0.2) is 5.75 Å². The molecule has 2 aromatic rings. The van der Waals surface area contributed by atoms with Gasteiger partial charge in [0, 0.05) is 6.54 Å². The number of imide groups is 1. The zero-order valence-electron chi connectivity index (χ0n) is 15.1. The van der Waals surface area contributed by atoms with Crippen molar-refractivity contribution in [1.29, 1.82) is 0 Å². The lowest BCUT2D eigenvalue weighted by Crippen LogP contribution is -2.27. The molecule has 0 spiro atoms. The second kappa shape index (κ2) is 8.90. The van der Waals surface area contributed by atoms with Gasteiger partial charge in [0.1, 0.15) is 6.61 Å². The van der Waals surface area contributed by atoms with Gasteiger partial charge in [-0.1, -0.05) is 35.3 Å². The molecule has 150 valence electrons. The molecule has 6 nitrogen and oxygen atoms in total. The van der Waals surface area contributed by atoms with Crippen LogP contribution in [0.5, 0.6) is 5.75 Å². The highest BCUT2D eigenvalue weighted by molar-refractivity contribution is 8.18. The second-order valence-electron chi connectivity index (χ2n) is 6.03. The lowest BCUT2D eigenvalue weighted by molar-refractivity contribution is -0.122. The molecule has 2 amide bonds. The highest BCUT2D eigenvalue weighted by Gasteiger charge is 2.33. The minimum atomic E-state index is -1.00. The lowest BCUT2D eigenvalue weighted by Gasteiger charge is -2.11. The van der Waals surface area contributed by atoms with Crippen LogP contribution in [0.3, 0.4) is 0 Å². The first-order valence-corrected chi connectivity index (χ1v) is 10.1. The van der Waals surface area contributed by atoms with E-state index in [1.807, 2.05) is 0 Å². The van der Waals surface area contributed by atoms with Gasteiger partial charge in [0.05, 0.1) is 20.5 Å². The van der Waals surface area contributed by atoms with Crippen molar-refractivity contribution < 1.29 is 24.2 Å². The van der Waals surface area contributed by atoms with E-state index in [0.29, 0.717) is 17.0 Å². The number of nitrogens with zero attached hydrogens (tertiary/aromatic N) is 1. The van der Waals surface area contributed by atoms with Crippen LogP contribution >= 0.6 is 35.0 Å². The number of rotatable bonds is 6. The molecule has 29 heavy (non-hydrogen) atoms. The van der Waals surface area contributed by atoms with E-state index in [9.17, 15) is 14.4 Å². The fraction of sp³-hybridized carbons (Fsp3) is 0.150. The zero-order valence-corrected chi connectivity index (χ0v) is 17.5. The first-order chi connectivity index (χ1) is 13.8. The van der Waals surface area contributed by atoms with Crippen LogP contribution in [-0.2, 0) is 11.4 Å². The fourth-order valence-electron chi connectivity index (χ4n) is 2.62. The molecule has 0 saturated carbocycles. The number of carbonyl (C=O) groups is 3. The van der Waals surface area contributed by atoms with Gasteiger partial charge in [-0.2, -0.15) is 0 Å². The number of ether oxygens (including phenoxy) is 1. The summed E-state index contributed by atoms with van der Waals surface area (Å²) in [5, 5.41) is 9.12. The molecule has 0 unspecified atom stereocenters. The maximum Gasteiger partial charge on any atom is 0.335 e. The summed E-state index contributed by atoms with van der Waals surface area (Å²) in [6.07, 6.45) is 1.56. The topological polar surface area (TPSA) is 83.9 Å². The molecule has 1 saturated heterocycles. The van der Waals surface area contributed by atoms with Crippen molar-refractivity contribution in [3.05, 3.63) is 68.0 Å². The minimum Gasteiger partial charge on any atom is -0.486 e. The summed E-state index contributed by atoms with van der Waals surface area (Å²) < 4.78 is 5.69. The van der Waals surface area contributed by atoms with Gasteiger partial charge in [0.2, 0.25) is 0 Å². The molecule has 3 rings (SSSR count). The Balaban J connectivity index is 1.76. The standard InChI is InChI=1S/C20H15Cl2NO5S/c1-2-23-18(24)16(29-20(23)27)9-12-7-14(21)17(15(22)8-12)28-10-11-3-5-13(6-4-11)19(25)26/h3-9H,2,10H2,1H3,(H,25,26)/b16-9+. The van der Waals surface area contributed by atoms with Gasteiger partial charge in [-0.05, 0) is 60.2 Å². The van der Waals surface area contributed by atoms with Crippen LogP contribution in [-0.4, -0.2) is 33.7 Å². The van der Waals surface area contributed by atoms with Crippen molar-refractivity contribution in [2.45, 2.75) is 13.5 Å². The smallest absolute Gasteiger partial charge is 0.335 e. The van der Waals surface area contributed by atoms with Crippen molar-refractivity contribution >= 4 is 58.2 Å². The van der Waals surface area contributed by atoms with E-state index >= 15 is 0 Å². The summed E-state index contributed by atoms with van der Waals surface area (Å²) in [5.41, 5.74) is 1.50. The Kier molecular flexibility index (Phi) is 6.52. The van der Waals surface area contributed by atoms with Gasteiger partial charge >= 0.3 is 5.97 Å². The van der Waals surface area contributed by atoms with Crippen LogP contribution < -0.4 is 4.74 Å².